The molecule has 2 aromatic rings. The summed E-state index contributed by atoms with van der Waals surface area (Å²) in [5.41, 5.74) is 0.0370. The van der Waals surface area contributed by atoms with Gasteiger partial charge in [-0.3, -0.25) is 9.69 Å². The van der Waals surface area contributed by atoms with Gasteiger partial charge in [0.15, 0.2) is 5.54 Å². The number of amides is 1. The van der Waals surface area contributed by atoms with Crippen LogP contribution in [0.25, 0.3) is 0 Å². The quantitative estimate of drug-likeness (QED) is 0.812. The van der Waals surface area contributed by atoms with E-state index in [4.69, 9.17) is 0 Å². The fraction of sp³-hybridized carbons (Fsp3) is 0.300. The average molecular weight is 358 g/mol. The topological polar surface area (TPSA) is 32.7 Å². The summed E-state index contributed by atoms with van der Waals surface area (Å²) in [5, 5.41) is 0. The second kappa shape index (κ2) is 5.97. The molecule has 2 aliphatic rings. The molecule has 0 saturated carbocycles. The highest BCUT2D eigenvalue weighted by molar-refractivity contribution is 6.12. The van der Waals surface area contributed by atoms with Crippen LogP contribution in [0.1, 0.15) is 24.0 Å². The van der Waals surface area contributed by atoms with E-state index in [2.05, 4.69) is 4.99 Å². The lowest BCUT2D eigenvalue weighted by Crippen LogP contribution is -2.40. The molecule has 1 saturated heterocycles. The van der Waals surface area contributed by atoms with E-state index in [0.29, 0.717) is 17.5 Å². The van der Waals surface area contributed by atoms with Crippen LogP contribution < -0.4 is 0 Å². The Kier molecular flexibility index (Phi) is 3.86. The van der Waals surface area contributed by atoms with Crippen LogP contribution in [-0.4, -0.2) is 29.4 Å². The molecule has 4 rings (SSSR count). The fourth-order valence-corrected chi connectivity index (χ4v) is 3.90. The number of aliphatic imine (C=N–C) groups is 1. The van der Waals surface area contributed by atoms with Crippen molar-refractivity contribution in [2.45, 2.75) is 24.6 Å². The minimum atomic E-state index is -4.28. The lowest BCUT2D eigenvalue weighted by molar-refractivity contribution is -0.139. The number of halogens is 3. The molecule has 26 heavy (non-hydrogen) atoms. The van der Waals surface area contributed by atoms with Gasteiger partial charge in [-0.1, -0.05) is 60.7 Å². The number of benzene rings is 2. The number of amidine groups is 1. The van der Waals surface area contributed by atoms with Crippen molar-refractivity contribution in [2.75, 3.05) is 6.54 Å². The van der Waals surface area contributed by atoms with Gasteiger partial charge in [0.2, 0.25) is 0 Å². The number of alkyl halides is 3. The second-order valence-electron chi connectivity index (χ2n) is 6.67. The molecule has 1 unspecified atom stereocenters. The monoisotopic (exact) mass is 358 g/mol. The zero-order valence-corrected chi connectivity index (χ0v) is 13.9. The van der Waals surface area contributed by atoms with E-state index >= 15 is 0 Å². The number of hydrogen-bond donors (Lipinski definition) is 0. The van der Waals surface area contributed by atoms with Crippen LogP contribution in [0.5, 0.6) is 0 Å². The van der Waals surface area contributed by atoms with Crippen molar-refractivity contribution in [1.29, 1.82) is 0 Å². The standard InChI is InChI=1S/C20H17F3N2O/c21-19(22,23)13-14-11-12-25-17(14)24-20(18(25)26,15-7-3-1-4-8-15)16-9-5-2-6-10-16/h1-10,14H,11-13H2. The zero-order valence-electron chi connectivity index (χ0n) is 13.9. The maximum atomic E-state index is 13.4. The lowest BCUT2D eigenvalue weighted by atomic mass is 9.82. The van der Waals surface area contributed by atoms with Gasteiger partial charge in [-0.25, -0.2) is 4.99 Å². The highest BCUT2D eigenvalue weighted by Crippen LogP contribution is 2.45. The normalized spacial score (nSPS) is 21.7. The predicted molar refractivity (Wildman–Crippen MR) is 91.6 cm³/mol. The van der Waals surface area contributed by atoms with E-state index in [1.165, 1.54) is 4.90 Å². The SMILES string of the molecule is O=C1N2CCC(CC(F)(F)F)C2=NC1(c1ccccc1)c1ccccc1. The maximum Gasteiger partial charge on any atom is 0.389 e. The Bertz CT molecular complexity index is 807. The summed E-state index contributed by atoms with van der Waals surface area (Å²) in [5.74, 6) is -0.775. The van der Waals surface area contributed by atoms with Gasteiger partial charge in [-0.2, -0.15) is 13.2 Å². The van der Waals surface area contributed by atoms with Crippen LogP contribution in [-0.2, 0) is 10.3 Å². The van der Waals surface area contributed by atoms with Crippen molar-refractivity contribution in [1.82, 2.24) is 4.90 Å². The first kappa shape index (κ1) is 16.8. The van der Waals surface area contributed by atoms with Crippen molar-refractivity contribution in [3.63, 3.8) is 0 Å². The molecule has 2 heterocycles. The summed E-state index contributed by atoms with van der Waals surface area (Å²) in [7, 11) is 0. The molecule has 0 aromatic heterocycles. The van der Waals surface area contributed by atoms with Crippen LogP contribution in [0.15, 0.2) is 65.7 Å². The predicted octanol–water partition coefficient (Wildman–Crippen LogP) is 4.14. The Labute approximate surface area is 149 Å². The van der Waals surface area contributed by atoms with E-state index in [1.807, 2.05) is 36.4 Å². The molecule has 0 bridgehead atoms. The molecule has 1 atom stereocenters. The van der Waals surface area contributed by atoms with E-state index in [1.54, 1.807) is 24.3 Å². The summed E-state index contributed by atoms with van der Waals surface area (Å²) in [6.07, 6.45) is -4.93. The average Bonchev–Trinajstić information content (AvgIpc) is 3.14. The van der Waals surface area contributed by atoms with E-state index in [-0.39, 0.29) is 18.3 Å². The first-order valence-electron chi connectivity index (χ1n) is 8.51. The molecule has 0 radical (unpaired) electrons. The fourth-order valence-electron chi connectivity index (χ4n) is 3.90. The Morgan fingerprint density at radius 2 is 1.54 bits per heavy atom. The van der Waals surface area contributed by atoms with Crippen molar-refractivity contribution in [3.05, 3.63) is 71.8 Å². The number of carbonyl (C=O) groups is 1. The summed E-state index contributed by atoms with van der Waals surface area (Å²) in [6.45, 7) is 0.278. The molecule has 3 nitrogen and oxygen atoms in total. The van der Waals surface area contributed by atoms with Gasteiger partial charge in [0.05, 0.1) is 6.42 Å². The van der Waals surface area contributed by atoms with Crippen molar-refractivity contribution >= 4 is 11.7 Å². The first-order valence-corrected chi connectivity index (χ1v) is 8.51. The molecule has 6 heteroatoms. The summed E-state index contributed by atoms with van der Waals surface area (Å²) < 4.78 is 38.8. The van der Waals surface area contributed by atoms with Crippen molar-refractivity contribution < 1.29 is 18.0 Å². The molecule has 0 N–H and O–H groups in total. The van der Waals surface area contributed by atoms with Gasteiger partial charge in [0, 0.05) is 12.5 Å². The van der Waals surface area contributed by atoms with Crippen LogP contribution in [0.3, 0.4) is 0 Å². The van der Waals surface area contributed by atoms with Gasteiger partial charge in [0.1, 0.15) is 5.84 Å². The van der Waals surface area contributed by atoms with Crippen LogP contribution in [0.2, 0.25) is 0 Å². The number of nitrogens with zero attached hydrogens (tertiary/aromatic N) is 2. The van der Waals surface area contributed by atoms with Gasteiger partial charge in [-0.15, -0.1) is 0 Å². The second-order valence-corrected chi connectivity index (χ2v) is 6.67. The third kappa shape index (κ3) is 2.60. The summed E-state index contributed by atoms with van der Waals surface area (Å²) in [4.78, 5) is 19.5. The lowest BCUT2D eigenvalue weighted by Gasteiger charge is -2.27. The van der Waals surface area contributed by atoms with E-state index < -0.39 is 24.1 Å². The molecular formula is C20H17F3N2O. The smallest absolute Gasteiger partial charge is 0.298 e. The zero-order chi connectivity index (χ0) is 18.4. The number of fused-ring (bicyclic) bond motifs is 1. The Morgan fingerprint density at radius 3 is 2.04 bits per heavy atom. The molecular weight excluding hydrogens is 341 g/mol. The highest BCUT2D eigenvalue weighted by Gasteiger charge is 2.55. The third-order valence-corrected chi connectivity index (χ3v) is 5.04. The van der Waals surface area contributed by atoms with Crippen LogP contribution in [0.4, 0.5) is 13.2 Å². The molecule has 2 aliphatic heterocycles. The molecule has 2 aromatic carbocycles. The number of hydrogen-bond acceptors (Lipinski definition) is 2. The van der Waals surface area contributed by atoms with Gasteiger partial charge >= 0.3 is 6.18 Å². The van der Waals surface area contributed by atoms with Gasteiger partial charge < -0.3 is 0 Å². The number of rotatable bonds is 3. The largest absolute Gasteiger partial charge is 0.389 e. The number of carbonyl (C=O) groups excluding carboxylic acids is 1. The van der Waals surface area contributed by atoms with Gasteiger partial charge in [-0.05, 0) is 17.5 Å². The van der Waals surface area contributed by atoms with Crippen molar-refractivity contribution in [3.8, 4) is 0 Å². The van der Waals surface area contributed by atoms with E-state index in [9.17, 15) is 18.0 Å². The van der Waals surface area contributed by atoms with Crippen molar-refractivity contribution in [2.24, 2.45) is 10.9 Å². The molecule has 0 aliphatic carbocycles. The Hall–Kier alpha value is -2.63. The highest BCUT2D eigenvalue weighted by atomic mass is 19.4. The third-order valence-electron chi connectivity index (χ3n) is 5.04. The van der Waals surface area contributed by atoms with E-state index in [0.717, 1.165) is 0 Å². The van der Waals surface area contributed by atoms with Crippen LogP contribution >= 0.6 is 0 Å². The summed E-state index contributed by atoms with van der Waals surface area (Å²) >= 11 is 0. The minimum Gasteiger partial charge on any atom is -0.298 e. The first-order chi connectivity index (χ1) is 12.4. The molecule has 1 fully saturated rings. The van der Waals surface area contributed by atoms with Gasteiger partial charge in [0.25, 0.3) is 5.91 Å². The Morgan fingerprint density at radius 1 is 1.00 bits per heavy atom. The van der Waals surface area contributed by atoms with Crippen LogP contribution in [0, 0.1) is 5.92 Å². The Balaban J connectivity index is 1.87. The molecule has 1 amide bonds. The molecule has 0 spiro atoms. The molecule has 134 valence electrons. The minimum absolute atomic E-state index is 0.264. The maximum absolute atomic E-state index is 13.4. The summed E-state index contributed by atoms with van der Waals surface area (Å²) in [6, 6.07) is 18.1.